The number of carbonyl (C=O) groups is 2. The molecule has 0 fully saturated rings. The van der Waals surface area contributed by atoms with Crippen molar-refractivity contribution in [1.82, 2.24) is 4.90 Å². The Kier molecular flexibility index (Phi) is 5.37. The second kappa shape index (κ2) is 7.12. The smallest absolute Gasteiger partial charge is 0.340 e. The van der Waals surface area contributed by atoms with Gasteiger partial charge in [-0.1, -0.05) is 30.3 Å². The van der Waals surface area contributed by atoms with Crippen LogP contribution < -0.4 is 5.14 Å². The summed E-state index contributed by atoms with van der Waals surface area (Å²) in [7, 11) is -0.788. The van der Waals surface area contributed by atoms with Gasteiger partial charge in [-0.25, -0.2) is 18.4 Å². The van der Waals surface area contributed by atoms with Crippen molar-refractivity contribution in [1.29, 1.82) is 0 Å². The summed E-state index contributed by atoms with van der Waals surface area (Å²) in [6.07, 6.45) is -1.12. The molecule has 0 saturated carbocycles. The topological polar surface area (TPSA) is 107 Å². The average molecular weight is 368 g/mol. The van der Waals surface area contributed by atoms with Gasteiger partial charge in [-0.2, -0.15) is 0 Å². The second-order valence-corrected chi connectivity index (χ2v) is 7.83. The number of likely N-dealkylation sites (N-methyl/N-ethyl adjacent to an activating group) is 1. The van der Waals surface area contributed by atoms with Gasteiger partial charge in [-0.05, 0) is 6.07 Å². The van der Waals surface area contributed by atoms with Gasteiger partial charge in [0.15, 0.2) is 0 Å². The first-order chi connectivity index (χ1) is 11.2. The van der Waals surface area contributed by atoms with Crippen LogP contribution in [0.2, 0.25) is 0 Å². The molecule has 0 saturated heterocycles. The number of thiophene rings is 1. The fraction of sp³-hybridized carbons (Fsp3) is 0.200. The molecule has 2 aromatic rings. The number of hydrogen-bond acceptors (Lipinski definition) is 6. The second-order valence-electron chi connectivity index (χ2n) is 5.13. The van der Waals surface area contributed by atoms with E-state index in [1.807, 2.05) is 0 Å². The highest BCUT2D eigenvalue weighted by Gasteiger charge is 2.27. The van der Waals surface area contributed by atoms with E-state index in [9.17, 15) is 18.0 Å². The van der Waals surface area contributed by atoms with E-state index in [1.54, 1.807) is 44.4 Å². The van der Waals surface area contributed by atoms with Crippen LogP contribution >= 0.6 is 11.3 Å². The van der Waals surface area contributed by atoms with E-state index >= 15 is 0 Å². The zero-order valence-corrected chi connectivity index (χ0v) is 14.6. The summed E-state index contributed by atoms with van der Waals surface area (Å²) in [6.45, 7) is 0. The molecular formula is C15H16N2O5S2. The number of esters is 1. The van der Waals surface area contributed by atoms with Crippen LogP contribution in [-0.4, -0.2) is 39.3 Å². The molecule has 9 heteroatoms. The molecule has 128 valence electrons. The van der Waals surface area contributed by atoms with Gasteiger partial charge in [-0.15, -0.1) is 11.3 Å². The van der Waals surface area contributed by atoms with Crippen LogP contribution in [0.15, 0.2) is 46.0 Å². The average Bonchev–Trinajstić information content (AvgIpc) is 3.02. The van der Waals surface area contributed by atoms with E-state index in [1.165, 1.54) is 10.3 Å². The Morgan fingerprint density at radius 2 is 1.83 bits per heavy atom. The molecule has 2 N–H and O–H groups in total. The molecule has 0 bridgehead atoms. The van der Waals surface area contributed by atoms with Crippen LogP contribution in [0, 0.1) is 0 Å². The zero-order valence-electron chi connectivity index (χ0n) is 13.0. The number of nitrogens with two attached hydrogens (primary N) is 1. The van der Waals surface area contributed by atoms with Crippen LogP contribution in [0.25, 0.3) is 0 Å². The third kappa shape index (κ3) is 4.19. The van der Waals surface area contributed by atoms with Gasteiger partial charge >= 0.3 is 5.97 Å². The monoisotopic (exact) mass is 368 g/mol. The fourth-order valence-electron chi connectivity index (χ4n) is 1.87. The van der Waals surface area contributed by atoms with Gasteiger partial charge in [0, 0.05) is 25.0 Å². The Hall–Kier alpha value is -2.23. The summed E-state index contributed by atoms with van der Waals surface area (Å²) in [5.41, 5.74) is 0.544. The molecule has 1 atom stereocenters. The Bertz CT molecular complexity index is 844. The van der Waals surface area contributed by atoms with Crippen molar-refractivity contribution in [3.63, 3.8) is 0 Å². The Labute approximate surface area is 143 Å². The first kappa shape index (κ1) is 18.1. The lowest BCUT2D eigenvalue weighted by atomic mass is 10.1. The van der Waals surface area contributed by atoms with Crippen LogP contribution in [0.4, 0.5) is 0 Å². The molecule has 2 rings (SSSR count). The number of hydrogen-bond donors (Lipinski definition) is 1. The Morgan fingerprint density at radius 3 is 2.33 bits per heavy atom. The quantitative estimate of drug-likeness (QED) is 0.803. The summed E-state index contributed by atoms with van der Waals surface area (Å²) in [6, 6.07) is 9.70. The molecular weight excluding hydrogens is 352 g/mol. The van der Waals surface area contributed by atoms with Crippen molar-refractivity contribution in [2.24, 2.45) is 5.14 Å². The summed E-state index contributed by atoms with van der Waals surface area (Å²) < 4.78 is 27.7. The van der Waals surface area contributed by atoms with E-state index in [0.29, 0.717) is 5.56 Å². The minimum atomic E-state index is -3.89. The van der Waals surface area contributed by atoms with Gasteiger partial charge in [0.1, 0.15) is 4.21 Å². The highest BCUT2D eigenvalue weighted by molar-refractivity contribution is 7.91. The number of rotatable bonds is 5. The molecule has 0 spiro atoms. The van der Waals surface area contributed by atoms with Gasteiger partial charge < -0.3 is 9.64 Å². The van der Waals surface area contributed by atoms with E-state index in [2.05, 4.69) is 0 Å². The van der Waals surface area contributed by atoms with Crippen LogP contribution in [0.5, 0.6) is 0 Å². The van der Waals surface area contributed by atoms with Crippen LogP contribution in [-0.2, 0) is 19.6 Å². The lowest BCUT2D eigenvalue weighted by molar-refractivity contribution is -0.138. The maximum atomic E-state index is 12.3. The van der Waals surface area contributed by atoms with Gasteiger partial charge in [0.25, 0.3) is 5.91 Å². The third-order valence-corrected chi connectivity index (χ3v) is 5.47. The van der Waals surface area contributed by atoms with E-state index in [4.69, 9.17) is 9.88 Å². The Morgan fingerprint density at radius 1 is 1.21 bits per heavy atom. The molecule has 0 aliphatic heterocycles. The van der Waals surface area contributed by atoms with Crippen molar-refractivity contribution in [3.05, 3.63) is 52.9 Å². The normalized spacial score (nSPS) is 12.5. The number of sulfonamides is 1. The van der Waals surface area contributed by atoms with Crippen LogP contribution in [0.3, 0.4) is 0 Å². The first-order valence-electron chi connectivity index (χ1n) is 6.78. The number of primary sulfonamides is 1. The maximum absolute atomic E-state index is 12.3. The molecule has 1 aromatic carbocycles. The number of carbonyl (C=O) groups excluding carboxylic acids is 2. The van der Waals surface area contributed by atoms with Crippen molar-refractivity contribution in [3.8, 4) is 0 Å². The van der Waals surface area contributed by atoms with Gasteiger partial charge in [0.05, 0.1) is 5.56 Å². The minimum absolute atomic E-state index is 0.0245. The van der Waals surface area contributed by atoms with Crippen LogP contribution in [0.1, 0.15) is 22.0 Å². The molecule has 0 radical (unpaired) electrons. The zero-order chi connectivity index (χ0) is 17.9. The number of benzene rings is 1. The summed E-state index contributed by atoms with van der Waals surface area (Å²) in [5, 5.41) is 6.34. The standard InChI is InChI=1S/C15H16N2O5S2/c1-17(2)14(18)13(10-6-4-3-5-7-10)22-15(19)11-8-12(23-9-11)24(16,20)21/h3-9,13H,1-2H3,(H2,16,20,21). The van der Waals surface area contributed by atoms with Gasteiger partial charge in [-0.3, -0.25) is 4.79 Å². The highest BCUT2D eigenvalue weighted by atomic mass is 32.2. The minimum Gasteiger partial charge on any atom is -0.444 e. The molecule has 7 nitrogen and oxygen atoms in total. The fourth-order valence-corrected chi connectivity index (χ4v) is 3.45. The molecule has 1 unspecified atom stereocenters. The third-order valence-electron chi connectivity index (χ3n) is 3.08. The predicted octanol–water partition coefficient (Wildman–Crippen LogP) is 1.38. The molecule has 1 amide bonds. The summed E-state index contributed by atoms with van der Waals surface area (Å²) in [4.78, 5) is 25.9. The lowest BCUT2D eigenvalue weighted by Crippen LogP contribution is -2.31. The lowest BCUT2D eigenvalue weighted by Gasteiger charge is -2.21. The van der Waals surface area contributed by atoms with Crippen molar-refractivity contribution < 1.29 is 22.7 Å². The molecule has 0 aliphatic rings. The van der Waals surface area contributed by atoms with Crippen molar-refractivity contribution in [2.75, 3.05) is 14.1 Å². The Balaban J connectivity index is 2.28. The summed E-state index contributed by atoms with van der Waals surface area (Å²) in [5.74, 6) is -1.21. The summed E-state index contributed by atoms with van der Waals surface area (Å²) >= 11 is 0.813. The maximum Gasteiger partial charge on any atom is 0.340 e. The first-order valence-corrected chi connectivity index (χ1v) is 9.21. The molecule has 0 aliphatic carbocycles. The van der Waals surface area contributed by atoms with E-state index in [0.717, 1.165) is 17.4 Å². The molecule has 24 heavy (non-hydrogen) atoms. The van der Waals surface area contributed by atoms with E-state index < -0.39 is 28.0 Å². The number of ether oxygens (including phenoxy) is 1. The number of nitrogens with zero attached hydrogens (tertiary/aromatic N) is 1. The highest BCUT2D eigenvalue weighted by Crippen LogP contribution is 2.24. The largest absolute Gasteiger partial charge is 0.444 e. The number of amides is 1. The SMILES string of the molecule is CN(C)C(=O)C(OC(=O)c1csc(S(N)(=O)=O)c1)c1ccccc1. The molecule has 1 heterocycles. The molecule has 1 aromatic heterocycles. The van der Waals surface area contributed by atoms with Gasteiger partial charge in [0.2, 0.25) is 16.1 Å². The predicted molar refractivity (Wildman–Crippen MR) is 89.0 cm³/mol. The van der Waals surface area contributed by atoms with Crippen molar-refractivity contribution in [2.45, 2.75) is 10.3 Å². The van der Waals surface area contributed by atoms with E-state index in [-0.39, 0.29) is 9.77 Å². The van der Waals surface area contributed by atoms with Crippen molar-refractivity contribution >= 4 is 33.2 Å².